The van der Waals surface area contributed by atoms with Crippen LogP contribution in [0.2, 0.25) is 0 Å². The first-order valence-corrected chi connectivity index (χ1v) is 6.60. The summed E-state index contributed by atoms with van der Waals surface area (Å²) in [6.45, 7) is 0.626. The van der Waals surface area contributed by atoms with Gasteiger partial charge in [0, 0.05) is 21.7 Å². The number of nitrogens with one attached hydrogen (secondary N) is 1. The van der Waals surface area contributed by atoms with E-state index in [1.807, 2.05) is 12.1 Å². The summed E-state index contributed by atoms with van der Waals surface area (Å²) in [6, 6.07) is 5.88. The van der Waals surface area contributed by atoms with E-state index in [-0.39, 0.29) is 11.8 Å². The molecule has 0 atom stereocenters. The van der Waals surface area contributed by atoms with E-state index < -0.39 is 0 Å². The first kappa shape index (κ1) is 10.6. The number of carbonyl (C=O) groups is 1. The van der Waals surface area contributed by atoms with Gasteiger partial charge in [0.25, 0.3) is 0 Å². The minimum Gasteiger partial charge on any atom is -0.464 e. The highest BCUT2D eigenvalue weighted by Gasteiger charge is 2.29. The van der Waals surface area contributed by atoms with Gasteiger partial charge in [0.1, 0.15) is 5.76 Å². The SMILES string of the molecule is O=C(NCc1cc(-c2ccco2)cs1)C1CC1. The molecule has 1 aliphatic rings. The van der Waals surface area contributed by atoms with Crippen molar-refractivity contribution in [3.63, 3.8) is 0 Å². The van der Waals surface area contributed by atoms with Gasteiger partial charge < -0.3 is 9.73 Å². The highest BCUT2D eigenvalue weighted by molar-refractivity contribution is 7.10. The summed E-state index contributed by atoms with van der Waals surface area (Å²) in [5.41, 5.74) is 1.08. The first-order chi connectivity index (χ1) is 8.33. The molecule has 0 bridgehead atoms. The van der Waals surface area contributed by atoms with E-state index in [9.17, 15) is 4.79 Å². The van der Waals surface area contributed by atoms with Crippen molar-refractivity contribution in [2.45, 2.75) is 19.4 Å². The third kappa shape index (κ3) is 2.42. The molecule has 1 N–H and O–H groups in total. The molecule has 1 saturated carbocycles. The van der Waals surface area contributed by atoms with Crippen molar-refractivity contribution in [3.8, 4) is 11.3 Å². The first-order valence-electron chi connectivity index (χ1n) is 5.72. The second kappa shape index (κ2) is 4.37. The molecule has 3 nitrogen and oxygen atoms in total. The van der Waals surface area contributed by atoms with Crippen LogP contribution in [-0.2, 0) is 11.3 Å². The van der Waals surface area contributed by atoms with Crippen LogP contribution < -0.4 is 5.32 Å². The van der Waals surface area contributed by atoms with E-state index in [1.54, 1.807) is 17.6 Å². The highest BCUT2D eigenvalue weighted by atomic mass is 32.1. The molecule has 17 heavy (non-hydrogen) atoms. The lowest BCUT2D eigenvalue weighted by Gasteiger charge is -2.00. The Morgan fingerprint density at radius 1 is 1.53 bits per heavy atom. The number of hydrogen-bond acceptors (Lipinski definition) is 3. The lowest BCUT2D eigenvalue weighted by Crippen LogP contribution is -2.23. The van der Waals surface area contributed by atoms with Gasteiger partial charge in [-0.15, -0.1) is 11.3 Å². The Hall–Kier alpha value is -1.55. The molecule has 0 radical (unpaired) electrons. The number of amides is 1. The average molecular weight is 247 g/mol. The molecule has 2 heterocycles. The quantitative estimate of drug-likeness (QED) is 0.902. The number of thiophene rings is 1. The minimum absolute atomic E-state index is 0.193. The van der Waals surface area contributed by atoms with Gasteiger partial charge in [-0.2, -0.15) is 0 Å². The molecule has 0 aromatic carbocycles. The van der Waals surface area contributed by atoms with Crippen molar-refractivity contribution >= 4 is 17.2 Å². The predicted octanol–water partition coefficient (Wildman–Crippen LogP) is 3.03. The lowest BCUT2D eigenvalue weighted by atomic mass is 10.2. The fourth-order valence-electron chi connectivity index (χ4n) is 1.71. The van der Waals surface area contributed by atoms with Gasteiger partial charge in [-0.3, -0.25) is 4.79 Å². The van der Waals surface area contributed by atoms with Crippen molar-refractivity contribution in [1.29, 1.82) is 0 Å². The maximum absolute atomic E-state index is 11.5. The molecule has 0 spiro atoms. The molecule has 0 saturated heterocycles. The molecule has 2 aromatic rings. The molecule has 88 valence electrons. The Kier molecular flexibility index (Phi) is 2.73. The maximum atomic E-state index is 11.5. The molecule has 1 aliphatic carbocycles. The van der Waals surface area contributed by atoms with E-state index in [0.717, 1.165) is 29.0 Å². The van der Waals surface area contributed by atoms with Crippen LogP contribution in [0.1, 0.15) is 17.7 Å². The molecular weight excluding hydrogens is 234 g/mol. The van der Waals surface area contributed by atoms with Crippen molar-refractivity contribution in [1.82, 2.24) is 5.32 Å². The molecule has 0 aliphatic heterocycles. The van der Waals surface area contributed by atoms with Crippen LogP contribution in [0.3, 0.4) is 0 Å². The third-order valence-corrected chi connectivity index (χ3v) is 3.78. The van der Waals surface area contributed by atoms with E-state index in [0.29, 0.717) is 6.54 Å². The van der Waals surface area contributed by atoms with E-state index in [2.05, 4.69) is 16.8 Å². The second-order valence-corrected chi connectivity index (χ2v) is 5.27. The van der Waals surface area contributed by atoms with E-state index in [1.165, 1.54) is 0 Å². The van der Waals surface area contributed by atoms with Crippen LogP contribution in [0, 0.1) is 5.92 Å². The predicted molar refractivity (Wildman–Crippen MR) is 66.6 cm³/mol. The Balaban J connectivity index is 1.62. The zero-order valence-corrected chi connectivity index (χ0v) is 10.1. The number of hydrogen-bond donors (Lipinski definition) is 1. The summed E-state index contributed by atoms with van der Waals surface area (Å²) >= 11 is 1.65. The smallest absolute Gasteiger partial charge is 0.223 e. The summed E-state index contributed by atoms with van der Waals surface area (Å²) in [5, 5.41) is 5.01. The van der Waals surface area contributed by atoms with Crippen molar-refractivity contribution in [3.05, 3.63) is 34.7 Å². The fourth-order valence-corrected chi connectivity index (χ4v) is 2.52. The molecule has 1 fully saturated rings. The normalized spacial score (nSPS) is 14.8. The van der Waals surface area contributed by atoms with Gasteiger partial charge >= 0.3 is 0 Å². The highest BCUT2D eigenvalue weighted by Crippen LogP contribution is 2.29. The standard InChI is InChI=1S/C13H13NO2S/c15-13(9-3-4-9)14-7-11-6-10(8-17-11)12-2-1-5-16-12/h1-2,5-6,8-9H,3-4,7H2,(H,14,15). The summed E-state index contributed by atoms with van der Waals surface area (Å²) in [5.74, 6) is 1.35. The molecule has 0 unspecified atom stereocenters. The molecule has 3 rings (SSSR count). The number of furan rings is 1. The molecule has 4 heteroatoms. The Morgan fingerprint density at radius 2 is 2.41 bits per heavy atom. The average Bonchev–Trinajstić information content (AvgIpc) is 2.87. The van der Waals surface area contributed by atoms with Crippen molar-refractivity contribution in [2.24, 2.45) is 5.92 Å². The second-order valence-electron chi connectivity index (χ2n) is 4.27. The summed E-state index contributed by atoms with van der Waals surface area (Å²) in [6.07, 6.45) is 3.77. The summed E-state index contributed by atoms with van der Waals surface area (Å²) in [4.78, 5) is 12.6. The summed E-state index contributed by atoms with van der Waals surface area (Å²) < 4.78 is 5.33. The van der Waals surface area contributed by atoms with Gasteiger partial charge in [-0.25, -0.2) is 0 Å². The van der Waals surface area contributed by atoms with Gasteiger partial charge in [-0.05, 0) is 31.0 Å². The maximum Gasteiger partial charge on any atom is 0.223 e. The minimum atomic E-state index is 0.193. The van der Waals surface area contributed by atoms with Crippen LogP contribution >= 0.6 is 11.3 Å². The third-order valence-electron chi connectivity index (χ3n) is 2.84. The van der Waals surface area contributed by atoms with E-state index in [4.69, 9.17) is 4.42 Å². The van der Waals surface area contributed by atoms with E-state index >= 15 is 0 Å². The topological polar surface area (TPSA) is 42.2 Å². The van der Waals surface area contributed by atoms with Crippen LogP contribution in [0.15, 0.2) is 34.3 Å². The largest absolute Gasteiger partial charge is 0.464 e. The Bertz CT molecular complexity index is 511. The van der Waals surface area contributed by atoms with Crippen LogP contribution in [0.4, 0.5) is 0 Å². The molecular formula is C13H13NO2S. The van der Waals surface area contributed by atoms with Gasteiger partial charge in [0.2, 0.25) is 5.91 Å². The fraction of sp³-hybridized carbons (Fsp3) is 0.308. The van der Waals surface area contributed by atoms with Crippen molar-refractivity contribution < 1.29 is 9.21 Å². The number of carbonyl (C=O) groups excluding carboxylic acids is 1. The van der Waals surface area contributed by atoms with Crippen LogP contribution in [0.5, 0.6) is 0 Å². The Labute approximate surface area is 103 Å². The lowest BCUT2D eigenvalue weighted by molar-refractivity contribution is -0.122. The van der Waals surface area contributed by atoms with Crippen molar-refractivity contribution in [2.75, 3.05) is 0 Å². The van der Waals surface area contributed by atoms with Gasteiger partial charge in [-0.1, -0.05) is 0 Å². The monoisotopic (exact) mass is 247 g/mol. The van der Waals surface area contributed by atoms with Crippen LogP contribution in [-0.4, -0.2) is 5.91 Å². The summed E-state index contributed by atoms with van der Waals surface area (Å²) in [7, 11) is 0. The zero-order valence-electron chi connectivity index (χ0n) is 9.31. The van der Waals surface area contributed by atoms with Gasteiger partial charge in [0.05, 0.1) is 12.8 Å². The van der Waals surface area contributed by atoms with Gasteiger partial charge in [0.15, 0.2) is 0 Å². The molecule has 1 amide bonds. The Morgan fingerprint density at radius 3 is 3.12 bits per heavy atom. The number of rotatable bonds is 4. The molecule has 2 aromatic heterocycles. The zero-order chi connectivity index (χ0) is 11.7. The van der Waals surface area contributed by atoms with Crippen LogP contribution in [0.25, 0.3) is 11.3 Å².